The van der Waals surface area contributed by atoms with Crippen LogP contribution in [-0.4, -0.2) is 24.3 Å². The van der Waals surface area contributed by atoms with E-state index in [1.54, 1.807) is 13.0 Å². The molecule has 0 spiro atoms. The zero-order valence-corrected chi connectivity index (χ0v) is 25.7. The number of hydrogen-bond acceptors (Lipinski definition) is 3. The molecule has 0 radical (unpaired) electrons. The molecular weight excluding hydrogens is 530 g/mol. The fourth-order valence-electron chi connectivity index (χ4n) is 7.21. The number of unbranched alkanes of at least 4 members (excludes halogenated alkanes) is 2. The van der Waals surface area contributed by atoms with Gasteiger partial charge >= 0.3 is 5.97 Å². The Bertz CT molecular complexity index is 1180. The highest BCUT2D eigenvalue weighted by atomic mass is 19.1. The van der Waals surface area contributed by atoms with Gasteiger partial charge in [0.1, 0.15) is 11.6 Å². The largest absolute Gasteiger partial charge is 0.462 e. The summed E-state index contributed by atoms with van der Waals surface area (Å²) in [7, 11) is 0. The summed E-state index contributed by atoms with van der Waals surface area (Å²) < 4.78 is 35.9. The molecule has 0 aliphatic heterocycles. The molecule has 0 aromatic heterocycles. The van der Waals surface area contributed by atoms with Crippen LogP contribution in [0.4, 0.5) is 8.78 Å². The van der Waals surface area contributed by atoms with Gasteiger partial charge in [-0.05, 0) is 117 Å². The molecule has 0 saturated heterocycles. The Balaban J connectivity index is 1.30. The minimum absolute atomic E-state index is 0.0160. The van der Waals surface area contributed by atoms with Crippen molar-refractivity contribution in [2.24, 2.45) is 17.8 Å². The van der Waals surface area contributed by atoms with Crippen LogP contribution in [0, 0.1) is 29.4 Å². The van der Waals surface area contributed by atoms with E-state index in [-0.39, 0.29) is 42.6 Å². The van der Waals surface area contributed by atoms with Crippen molar-refractivity contribution >= 4 is 5.97 Å². The van der Waals surface area contributed by atoms with E-state index in [9.17, 15) is 9.90 Å². The number of benzene rings is 2. The number of aliphatic hydroxyl groups is 1. The first-order chi connectivity index (χ1) is 20.3. The number of halogens is 2. The van der Waals surface area contributed by atoms with E-state index >= 15 is 8.78 Å². The van der Waals surface area contributed by atoms with Crippen LogP contribution in [0.1, 0.15) is 120 Å². The van der Waals surface area contributed by atoms with Crippen molar-refractivity contribution in [2.75, 3.05) is 13.2 Å². The van der Waals surface area contributed by atoms with Gasteiger partial charge in [0.25, 0.3) is 0 Å². The average molecular weight is 581 g/mol. The van der Waals surface area contributed by atoms with Crippen LogP contribution in [0.15, 0.2) is 48.6 Å². The number of ether oxygens (including phenoxy) is 1. The highest BCUT2D eigenvalue weighted by molar-refractivity contribution is 5.86. The third-order valence-corrected chi connectivity index (χ3v) is 9.85. The molecule has 1 atom stereocenters. The number of hydrogen-bond donors (Lipinski definition) is 1. The van der Waals surface area contributed by atoms with Gasteiger partial charge < -0.3 is 9.84 Å². The van der Waals surface area contributed by atoms with Gasteiger partial charge in [0, 0.05) is 23.7 Å². The van der Waals surface area contributed by atoms with E-state index in [2.05, 4.69) is 13.5 Å². The first kappa shape index (κ1) is 32.4. The normalized spacial score (nSPS) is 23.4. The quantitative estimate of drug-likeness (QED) is 0.146. The molecule has 3 nitrogen and oxygen atoms in total. The molecule has 1 unspecified atom stereocenters. The zero-order chi connectivity index (χ0) is 30.1. The van der Waals surface area contributed by atoms with Crippen molar-refractivity contribution in [3.8, 4) is 11.1 Å². The van der Waals surface area contributed by atoms with E-state index in [0.717, 1.165) is 62.0 Å². The highest BCUT2D eigenvalue weighted by Gasteiger charge is 2.27. The first-order valence-electron chi connectivity index (χ1n) is 16.3. The summed E-state index contributed by atoms with van der Waals surface area (Å²) in [4.78, 5) is 11.7. The lowest BCUT2D eigenvalue weighted by Crippen LogP contribution is -2.23. The molecule has 2 aliphatic rings. The lowest BCUT2D eigenvalue weighted by Gasteiger charge is -2.31. The molecule has 2 fully saturated rings. The fraction of sp³-hybridized carbons (Fsp3) is 0.595. The molecule has 230 valence electrons. The average Bonchev–Trinajstić information content (AvgIpc) is 3.00. The van der Waals surface area contributed by atoms with E-state index in [4.69, 9.17) is 4.74 Å². The van der Waals surface area contributed by atoms with Crippen LogP contribution < -0.4 is 0 Å². The Morgan fingerprint density at radius 2 is 1.62 bits per heavy atom. The van der Waals surface area contributed by atoms with Crippen molar-refractivity contribution in [1.82, 2.24) is 0 Å². The standard InChI is InChI=1S/C37H50F2O3/c1-4-5-6-7-26-8-14-30(15-9-26)33-19-17-32(22-36(33)39)34-18-16-31(21-35(34)38)29-12-10-27(11-13-29)20-28(23-40)24-42-37(41)25(2)3/h16-19,21-22,26-30,40H,2,4-15,20,23-24H2,1,3H3. The third kappa shape index (κ3) is 8.75. The fourth-order valence-corrected chi connectivity index (χ4v) is 7.21. The second kappa shape index (κ2) is 15.8. The van der Waals surface area contributed by atoms with Gasteiger partial charge in [0.2, 0.25) is 0 Å². The number of esters is 1. The number of carbonyl (C=O) groups is 1. The molecule has 0 amide bonds. The maximum atomic E-state index is 15.4. The molecule has 2 aromatic rings. The van der Waals surface area contributed by atoms with Crippen molar-refractivity contribution in [3.63, 3.8) is 0 Å². The Morgan fingerprint density at radius 3 is 2.24 bits per heavy atom. The number of rotatable bonds is 13. The summed E-state index contributed by atoms with van der Waals surface area (Å²) in [5.74, 6) is 0.781. The number of carbonyl (C=O) groups excluding carboxylic acids is 1. The van der Waals surface area contributed by atoms with Crippen LogP contribution in [0.5, 0.6) is 0 Å². The first-order valence-corrected chi connectivity index (χ1v) is 16.3. The van der Waals surface area contributed by atoms with E-state index < -0.39 is 5.97 Å². The molecule has 0 bridgehead atoms. The van der Waals surface area contributed by atoms with Crippen LogP contribution in [0.25, 0.3) is 11.1 Å². The van der Waals surface area contributed by atoms with Gasteiger partial charge in [-0.3, -0.25) is 0 Å². The topological polar surface area (TPSA) is 46.5 Å². The smallest absolute Gasteiger partial charge is 0.333 e. The summed E-state index contributed by atoms with van der Waals surface area (Å²) in [5.41, 5.74) is 3.19. The predicted octanol–water partition coefficient (Wildman–Crippen LogP) is 9.88. The molecule has 2 aliphatic carbocycles. The summed E-state index contributed by atoms with van der Waals surface area (Å²) >= 11 is 0. The zero-order valence-electron chi connectivity index (χ0n) is 25.7. The third-order valence-electron chi connectivity index (χ3n) is 9.85. The van der Waals surface area contributed by atoms with Crippen molar-refractivity contribution in [3.05, 3.63) is 71.3 Å². The molecule has 5 heteroatoms. The van der Waals surface area contributed by atoms with Gasteiger partial charge in [-0.1, -0.05) is 63.5 Å². The van der Waals surface area contributed by atoms with E-state index in [1.807, 2.05) is 24.3 Å². The maximum absolute atomic E-state index is 15.4. The summed E-state index contributed by atoms with van der Waals surface area (Å²) in [6, 6.07) is 10.8. The van der Waals surface area contributed by atoms with E-state index in [1.165, 1.54) is 44.6 Å². The van der Waals surface area contributed by atoms with Gasteiger partial charge in [0.05, 0.1) is 6.61 Å². The van der Waals surface area contributed by atoms with Crippen LogP contribution in [0.3, 0.4) is 0 Å². The number of aliphatic hydroxyl groups excluding tert-OH is 1. The Labute approximate surface area is 251 Å². The molecular formula is C37H50F2O3. The second-order valence-corrected chi connectivity index (χ2v) is 13.1. The van der Waals surface area contributed by atoms with Crippen molar-refractivity contribution in [1.29, 1.82) is 0 Å². The van der Waals surface area contributed by atoms with Gasteiger partial charge in [-0.25, -0.2) is 13.6 Å². The predicted molar refractivity (Wildman–Crippen MR) is 166 cm³/mol. The van der Waals surface area contributed by atoms with Gasteiger partial charge in [0.15, 0.2) is 0 Å². The minimum atomic E-state index is -0.420. The second-order valence-electron chi connectivity index (χ2n) is 13.1. The van der Waals surface area contributed by atoms with Gasteiger partial charge in [-0.2, -0.15) is 0 Å². The minimum Gasteiger partial charge on any atom is -0.462 e. The Kier molecular flexibility index (Phi) is 12.2. The molecule has 1 N–H and O–H groups in total. The van der Waals surface area contributed by atoms with Crippen molar-refractivity contribution in [2.45, 2.75) is 109 Å². The van der Waals surface area contributed by atoms with Crippen LogP contribution >= 0.6 is 0 Å². The van der Waals surface area contributed by atoms with Crippen molar-refractivity contribution < 1.29 is 23.4 Å². The molecule has 0 heterocycles. The highest BCUT2D eigenvalue weighted by Crippen LogP contribution is 2.41. The molecule has 42 heavy (non-hydrogen) atoms. The monoisotopic (exact) mass is 580 g/mol. The lowest BCUT2D eigenvalue weighted by molar-refractivity contribution is -0.140. The maximum Gasteiger partial charge on any atom is 0.333 e. The van der Waals surface area contributed by atoms with Crippen LogP contribution in [0.2, 0.25) is 0 Å². The Hall–Kier alpha value is -2.53. The van der Waals surface area contributed by atoms with Crippen LogP contribution in [-0.2, 0) is 9.53 Å². The Morgan fingerprint density at radius 1 is 0.929 bits per heavy atom. The van der Waals surface area contributed by atoms with Gasteiger partial charge in [-0.15, -0.1) is 0 Å². The molecule has 2 aromatic carbocycles. The SMILES string of the molecule is C=C(C)C(=O)OCC(CO)CC1CCC(c2ccc(-c3ccc(C4CCC(CCCCC)CC4)c(F)c3)c(F)c2)CC1. The summed E-state index contributed by atoms with van der Waals surface area (Å²) in [5, 5.41) is 9.75. The van der Waals surface area contributed by atoms with E-state index in [0.29, 0.717) is 22.6 Å². The molecule has 2 saturated carbocycles. The summed E-state index contributed by atoms with van der Waals surface area (Å²) in [6.45, 7) is 7.64. The molecule has 4 rings (SSSR count). The summed E-state index contributed by atoms with van der Waals surface area (Å²) in [6.07, 6.45) is 14.3. The lowest BCUT2D eigenvalue weighted by atomic mass is 9.75.